The number of hydrogen-bond acceptors (Lipinski definition) is 3. The number of benzene rings is 1. The van der Waals surface area contributed by atoms with E-state index in [-0.39, 0.29) is 18.8 Å². The predicted octanol–water partition coefficient (Wildman–Crippen LogP) is 1.78. The number of aliphatic hydroxyl groups is 1. The summed E-state index contributed by atoms with van der Waals surface area (Å²) in [4.78, 5) is 2.31. The Morgan fingerprint density at radius 3 is 2.83 bits per heavy atom. The van der Waals surface area contributed by atoms with Crippen LogP contribution in [0, 0.1) is 0 Å². The number of morpholine rings is 1. The lowest BCUT2D eigenvalue weighted by atomic mass is 10.2. The first-order valence-corrected chi connectivity index (χ1v) is 6.48. The van der Waals surface area contributed by atoms with E-state index in [2.05, 4.69) is 36.1 Å². The van der Waals surface area contributed by atoms with E-state index in [9.17, 15) is 0 Å². The lowest BCUT2D eigenvalue weighted by Gasteiger charge is -2.35. The first-order chi connectivity index (χ1) is 8.78. The average molecular weight is 247 g/mol. The molecule has 2 atom stereocenters. The number of hydrogen-bond donors (Lipinski definition) is 1. The highest BCUT2D eigenvalue weighted by molar-refractivity contribution is 5.48. The molecule has 1 fully saturated rings. The fourth-order valence-corrected chi connectivity index (χ4v) is 2.29. The third-order valence-corrected chi connectivity index (χ3v) is 3.08. The zero-order valence-electron chi connectivity index (χ0n) is 10.8. The van der Waals surface area contributed by atoms with Crippen LogP contribution < -0.4 is 0 Å². The third kappa shape index (κ3) is 3.95. The van der Waals surface area contributed by atoms with Crippen molar-refractivity contribution in [2.75, 3.05) is 26.2 Å². The summed E-state index contributed by atoms with van der Waals surface area (Å²) < 4.78 is 5.61. The minimum absolute atomic E-state index is 0.0427. The Bertz CT molecular complexity index is 377. The van der Waals surface area contributed by atoms with E-state index in [1.807, 2.05) is 18.2 Å². The highest BCUT2D eigenvalue weighted by atomic mass is 16.5. The third-order valence-electron chi connectivity index (χ3n) is 3.08. The van der Waals surface area contributed by atoms with E-state index < -0.39 is 0 Å². The molecule has 0 spiro atoms. The van der Waals surface area contributed by atoms with Gasteiger partial charge in [-0.2, -0.15) is 0 Å². The van der Waals surface area contributed by atoms with Gasteiger partial charge in [0.25, 0.3) is 0 Å². The second-order valence-electron chi connectivity index (χ2n) is 4.78. The molecule has 1 heterocycles. The quantitative estimate of drug-likeness (QED) is 0.880. The van der Waals surface area contributed by atoms with Gasteiger partial charge in [-0.25, -0.2) is 0 Å². The molecule has 2 unspecified atom stereocenters. The molecule has 1 aromatic rings. The molecule has 18 heavy (non-hydrogen) atoms. The first kappa shape index (κ1) is 13.3. The molecule has 0 saturated carbocycles. The van der Waals surface area contributed by atoms with Crippen LogP contribution >= 0.6 is 0 Å². The van der Waals surface area contributed by atoms with Gasteiger partial charge in [-0.15, -0.1) is 0 Å². The fourth-order valence-electron chi connectivity index (χ4n) is 2.29. The van der Waals surface area contributed by atoms with Crippen LogP contribution in [0.5, 0.6) is 0 Å². The molecule has 1 aliphatic rings. The van der Waals surface area contributed by atoms with Crippen molar-refractivity contribution in [3.8, 4) is 0 Å². The monoisotopic (exact) mass is 247 g/mol. The van der Waals surface area contributed by atoms with Crippen molar-refractivity contribution in [3.63, 3.8) is 0 Å². The largest absolute Gasteiger partial charge is 0.394 e. The van der Waals surface area contributed by atoms with Gasteiger partial charge in [0.15, 0.2) is 0 Å². The summed E-state index contributed by atoms with van der Waals surface area (Å²) in [7, 11) is 0. The van der Waals surface area contributed by atoms with Gasteiger partial charge in [0.2, 0.25) is 0 Å². The van der Waals surface area contributed by atoms with Gasteiger partial charge in [0.1, 0.15) is 0 Å². The topological polar surface area (TPSA) is 32.7 Å². The molecule has 1 aliphatic heterocycles. The standard InChI is InChI=1S/C15H21NO2/c1-13-10-16(11-15(12-17)18-13)9-5-8-14-6-3-2-4-7-14/h2-8,13,15,17H,9-12H2,1H3/b8-5+. The molecular formula is C15H21NO2. The lowest BCUT2D eigenvalue weighted by molar-refractivity contribution is -0.0923. The summed E-state index contributed by atoms with van der Waals surface area (Å²) in [5.74, 6) is 0. The van der Waals surface area contributed by atoms with E-state index in [1.165, 1.54) is 5.56 Å². The van der Waals surface area contributed by atoms with Gasteiger partial charge in [0.05, 0.1) is 18.8 Å². The van der Waals surface area contributed by atoms with Gasteiger partial charge in [0, 0.05) is 19.6 Å². The normalized spacial score (nSPS) is 25.7. The van der Waals surface area contributed by atoms with Crippen molar-refractivity contribution in [2.45, 2.75) is 19.1 Å². The minimum Gasteiger partial charge on any atom is -0.394 e. The van der Waals surface area contributed by atoms with Crippen LogP contribution in [0.1, 0.15) is 12.5 Å². The van der Waals surface area contributed by atoms with Gasteiger partial charge < -0.3 is 9.84 Å². The molecule has 2 rings (SSSR count). The fraction of sp³-hybridized carbons (Fsp3) is 0.467. The Morgan fingerprint density at radius 1 is 1.33 bits per heavy atom. The molecule has 1 aromatic carbocycles. The van der Waals surface area contributed by atoms with Gasteiger partial charge >= 0.3 is 0 Å². The highest BCUT2D eigenvalue weighted by Gasteiger charge is 2.23. The van der Waals surface area contributed by atoms with E-state index in [0.717, 1.165) is 19.6 Å². The molecule has 0 bridgehead atoms. The van der Waals surface area contributed by atoms with Crippen LogP contribution in [0.4, 0.5) is 0 Å². The highest BCUT2D eigenvalue weighted by Crippen LogP contribution is 2.11. The van der Waals surface area contributed by atoms with Gasteiger partial charge in [-0.3, -0.25) is 4.90 Å². The average Bonchev–Trinajstić information content (AvgIpc) is 2.39. The van der Waals surface area contributed by atoms with Crippen molar-refractivity contribution >= 4 is 6.08 Å². The Kier molecular flexibility index (Phi) is 4.93. The molecule has 0 amide bonds. The van der Waals surface area contributed by atoms with E-state index in [1.54, 1.807) is 0 Å². The van der Waals surface area contributed by atoms with Crippen molar-refractivity contribution in [1.29, 1.82) is 0 Å². The SMILES string of the molecule is CC1CN(C/C=C/c2ccccc2)CC(CO)O1. The molecule has 1 N–H and O–H groups in total. The zero-order chi connectivity index (χ0) is 12.8. The summed E-state index contributed by atoms with van der Waals surface area (Å²) in [5, 5.41) is 9.16. The molecule has 3 heteroatoms. The minimum atomic E-state index is -0.0427. The van der Waals surface area contributed by atoms with Crippen molar-refractivity contribution in [2.24, 2.45) is 0 Å². The van der Waals surface area contributed by atoms with Crippen LogP contribution in [0.3, 0.4) is 0 Å². The summed E-state index contributed by atoms with van der Waals surface area (Å²) in [6.45, 7) is 4.79. The van der Waals surface area contributed by atoms with Crippen LogP contribution in [-0.2, 0) is 4.74 Å². The second-order valence-corrected chi connectivity index (χ2v) is 4.78. The Hall–Kier alpha value is -1.16. The van der Waals surface area contributed by atoms with Crippen LogP contribution in [0.15, 0.2) is 36.4 Å². The number of aliphatic hydroxyl groups excluding tert-OH is 1. The second kappa shape index (κ2) is 6.69. The Labute approximate surface area is 109 Å². The summed E-state index contributed by atoms with van der Waals surface area (Å²) in [6, 6.07) is 10.3. The van der Waals surface area contributed by atoms with Gasteiger partial charge in [-0.1, -0.05) is 42.5 Å². The maximum Gasteiger partial charge on any atom is 0.0936 e. The lowest BCUT2D eigenvalue weighted by Crippen LogP contribution is -2.47. The Balaban J connectivity index is 1.84. The predicted molar refractivity (Wildman–Crippen MR) is 73.3 cm³/mol. The molecule has 0 aromatic heterocycles. The van der Waals surface area contributed by atoms with Crippen LogP contribution in [-0.4, -0.2) is 48.5 Å². The molecular weight excluding hydrogens is 226 g/mol. The summed E-state index contributed by atoms with van der Waals surface area (Å²) >= 11 is 0. The molecule has 1 saturated heterocycles. The summed E-state index contributed by atoms with van der Waals surface area (Å²) in [6.07, 6.45) is 4.45. The smallest absolute Gasteiger partial charge is 0.0936 e. The maximum absolute atomic E-state index is 9.16. The summed E-state index contributed by atoms with van der Waals surface area (Å²) in [5.41, 5.74) is 1.22. The van der Waals surface area contributed by atoms with Crippen LogP contribution in [0.2, 0.25) is 0 Å². The molecule has 0 radical (unpaired) electrons. The number of rotatable bonds is 4. The zero-order valence-corrected chi connectivity index (χ0v) is 10.8. The maximum atomic E-state index is 9.16. The van der Waals surface area contributed by atoms with E-state index in [4.69, 9.17) is 9.84 Å². The van der Waals surface area contributed by atoms with Crippen LogP contribution in [0.25, 0.3) is 6.08 Å². The molecule has 3 nitrogen and oxygen atoms in total. The number of ether oxygens (including phenoxy) is 1. The van der Waals surface area contributed by atoms with E-state index in [0.29, 0.717) is 0 Å². The molecule has 0 aliphatic carbocycles. The Morgan fingerprint density at radius 2 is 2.11 bits per heavy atom. The van der Waals surface area contributed by atoms with Crippen molar-refractivity contribution in [1.82, 2.24) is 4.90 Å². The van der Waals surface area contributed by atoms with E-state index >= 15 is 0 Å². The molecule has 98 valence electrons. The number of nitrogens with zero attached hydrogens (tertiary/aromatic N) is 1. The first-order valence-electron chi connectivity index (χ1n) is 6.48. The van der Waals surface area contributed by atoms with Crippen molar-refractivity contribution < 1.29 is 9.84 Å². The van der Waals surface area contributed by atoms with Gasteiger partial charge in [-0.05, 0) is 12.5 Å². The van der Waals surface area contributed by atoms with Crippen molar-refractivity contribution in [3.05, 3.63) is 42.0 Å².